The highest BCUT2D eigenvalue weighted by Crippen LogP contribution is 2.34. The molecule has 1 N–H and O–H groups in total. The molecule has 2 heterocycles. The minimum Gasteiger partial charge on any atom is -0.338 e. The molecule has 0 radical (unpaired) electrons. The van der Waals surface area contributed by atoms with Crippen molar-refractivity contribution in [1.82, 2.24) is 9.88 Å². The van der Waals surface area contributed by atoms with Crippen molar-refractivity contribution in [2.45, 2.75) is 34.1 Å². The van der Waals surface area contributed by atoms with Crippen molar-refractivity contribution in [2.75, 3.05) is 18.4 Å². The van der Waals surface area contributed by atoms with Crippen molar-refractivity contribution in [3.63, 3.8) is 0 Å². The van der Waals surface area contributed by atoms with E-state index in [4.69, 9.17) is 4.98 Å². The summed E-state index contributed by atoms with van der Waals surface area (Å²) in [6, 6.07) is 19.6. The van der Waals surface area contributed by atoms with Crippen LogP contribution in [0.25, 0.3) is 22.2 Å². The first kappa shape index (κ1) is 25.1. The Balaban J connectivity index is 1.76. The highest BCUT2D eigenvalue weighted by atomic mass is 32.1. The van der Waals surface area contributed by atoms with Gasteiger partial charge in [-0.1, -0.05) is 49.4 Å². The summed E-state index contributed by atoms with van der Waals surface area (Å²) in [7, 11) is 0. The van der Waals surface area contributed by atoms with Crippen LogP contribution in [0.15, 0.2) is 54.6 Å². The molecule has 36 heavy (non-hydrogen) atoms. The highest BCUT2D eigenvalue weighted by Gasteiger charge is 2.25. The molecule has 0 bridgehead atoms. The van der Waals surface area contributed by atoms with Crippen LogP contribution in [-0.4, -0.2) is 34.8 Å². The van der Waals surface area contributed by atoms with E-state index in [0.29, 0.717) is 50.9 Å². The van der Waals surface area contributed by atoms with Gasteiger partial charge in [-0.25, -0.2) is 4.98 Å². The smallest absolute Gasteiger partial charge is 0.264 e. The van der Waals surface area contributed by atoms with Crippen LogP contribution in [0.3, 0.4) is 0 Å². The molecule has 4 aromatic rings. The third-order valence-electron chi connectivity index (χ3n) is 6.35. The summed E-state index contributed by atoms with van der Waals surface area (Å²) < 4.78 is 0. The van der Waals surface area contributed by atoms with Gasteiger partial charge in [0.15, 0.2) is 0 Å². The number of aromatic nitrogens is 1. The van der Waals surface area contributed by atoms with Crippen LogP contribution in [0.5, 0.6) is 0 Å². The van der Waals surface area contributed by atoms with Gasteiger partial charge in [-0.2, -0.15) is 5.26 Å². The minimum atomic E-state index is -0.348. The first-order valence-electron chi connectivity index (χ1n) is 12.0. The highest BCUT2D eigenvalue weighted by molar-refractivity contribution is 7.18. The molecule has 0 spiro atoms. The SMILES string of the molecule is CCc1ccc(-c2cc(C(=O)Nc3sc(C(=O)N(CC)CC)c(C)c3C#N)c3ccccc3n2)cc1. The number of nitriles is 1. The molecule has 2 aromatic heterocycles. The quantitative estimate of drug-likeness (QED) is 0.319. The maximum Gasteiger partial charge on any atom is 0.264 e. The average molecular weight is 497 g/mol. The number of rotatable bonds is 7. The number of pyridine rings is 1. The van der Waals surface area contributed by atoms with Crippen molar-refractivity contribution in [3.05, 3.63) is 81.7 Å². The lowest BCUT2D eigenvalue weighted by Gasteiger charge is -2.17. The summed E-state index contributed by atoms with van der Waals surface area (Å²) in [5, 5.41) is 13.8. The van der Waals surface area contributed by atoms with Gasteiger partial charge in [0.1, 0.15) is 11.1 Å². The van der Waals surface area contributed by atoms with Crippen LogP contribution in [-0.2, 0) is 6.42 Å². The fourth-order valence-corrected chi connectivity index (χ4v) is 5.31. The number of fused-ring (bicyclic) bond motifs is 1. The molecule has 0 unspecified atom stereocenters. The van der Waals surface area contributed by atoms with Crippen molar-refractivity contribution in [2.24, 2.45) is 0 Å². The largest absolute Gasteiger partial charge is 0.338 e. The third-order valence-corrected chi connectivity index (χ3v) is 7.54. The summed E-state index contributed by atoms with van der Waals surface area (Å²) in [6.45, 7) is 8.83. The fourth-order valence-electron chi connectivity index (χ4n) is 4.19. The van der Waals surface area contributed by atoms with Gasteiger partial charge in [-0.3, -0.25) is 9.59 Å². The van der Waals surface area contributed by atoms with Gasteiger partial charge in [0.05, 0.1) is 27.2 Å². The maximum atomic E-state index is 13.6. The fraction of sp³-hybridized carbons (Fsp3) is 0.241. The van der Waals surface area contributed by atoms with E-state index >= 15 is 0 Å². The molecule has 6 nitrogen and oxygen atoms in total. The van der Waals surface area contributed by atoms with E-state index in [-0.39, 0.29) is 11.8 Å². The van der Waals surface area contributed by atoms with Crippen molar-refractivity contribution in [1.29, 1.82) is 5.26 Å². The third kappa shape index (κ3) is 4.73. The van der Waals surface area contributed by atoms with Crippen LogP contribution in [0, 0.1) is 18.3 Å². The zero-order valence-corrected chi connectivity index (χ0v) is 21.7. The molecule has 4 rings (SSSR count). The molecule has 2 aromatic carbocycles. The van der Waals surface area contributed by atoms with Crippen LogP contribution >= 0.6 is 11.3 Å². The minimum absolute atomic E-state index is 0.133. The molecule has 182 valence electrons. The zero-order chi connectivity index (χ0) is 25.8. The predicted octanol–water partition coefficient (Wildman–Crippen LogP) is 6.44. The molecule has 0 aliphatic heterocycles. The summed E-state index contributed by atoms with van der Waals surface area (Å²) in [5.41, 5.74) is 4.92. The normalized spacial score (nSPS) is 10.8. The molecule has 0 fully saturated rings. The lowest BCUT2D eigenvalue weighted by atomic mass is 10.0. The molecule has 0 aliphatic carbocycles. The van der Waals surface area contributed by atoms with Gasteiger partial charge in [0, 0.05) is 24.0 Å². The van der Waals surface area contributed by atoms with E-state index in [9.17, 15) is 14.9 Å². The number of carbonyl (C=O) groups excluding carboxylic acids is 2. The Kier molecular flexibility index (Phi) is 7.47. The Labute approximate surface area is 215 Å². The molecule has 7 heteroatoms. The zero-order valence-electron chi connectivity index (χ0n) is 20.9. The summed E-state index contributed by atoms with van der Waals surface area (Å²) in [5.74, 6) is -0.480. The Bertz CT molecular complexity index is 1480. The van der Waals surface area contributed by atoms with Crippen LogP contribution in [0.4, 0.5) is 5.00 Å². The van der Waals surface area contributed by atoms with Crippen molar-refractivity contribution in [3.8, 4) is 17.3 Å². The van der Waals surface area contributed by atoms with E-state index in [1.807, 2.05) is 50.2 Å². The summed E-state index contributed by atoms with van der Waals surface area (Å²) >= 11 is 1.15. The maximum absolute atomic E-state index is 13.6. The molecular weight excluding hydrogens is 468 g/mol. The standard InChI is InChI=1S/C29H28N4O2S/c1-5-19-12-14-20(15-13-19)25-16-22(21-10-8-9-11-24(21)31-25)27(34)32-28-23(17-30)18(4)26(36-28)29(35)33(6-2)7-3/h8-16H,5-7H2,1-4H3,(H,32,34). The number of para-hydroxylation sites is 1. The number of hydrogen-bond acceptors (Lipinski definition) is 5. The predicted molar refractivity (Wildman–Crippen MR) is 146 cm³/mol. The van der Waals surface area contributed by atoms with Gasteiger partial charge in [-0.15, -0.1) is 11.3 Å². The van der Waals surface area contributed by atoms with Gasteiger partial charge in [0.2, 0.25) is 0 Å². The lowest BCUT2D eigenvalue weighted by Crippen LogP contribution is -2.30. The number of hydrogen-bond donors (Lipinski definition) is 1. The molecule has 0 atom stereocenters. The molecule has 0 saturated carbocycles. The number of benzene rings is 2. The van der Waals surface area contributed by atoms with E-state index < -0.39 is 0 Å². The number of anilines is 1. The Morgan fingerprint density at radius 1 is 1.06 bits per heavy atom. The molecule has 0 aliphatic rings. The van der Waals surface area contributed by atoms with E-state index in [1.54, 1.807) is 17.9 Å². The molecule has 0 saturated heterocycles. The first-order chi connectivity index (χ1) is 17.4. The monoisotopic (exact) mass is 496 g/mol. The number of amides is 2. The number of aryl methyl sites for hydroxylation is 1. The lowest BCUT2D eigenvalue weighted by molar-refractivity contribution is 0.0777. The number of carbonyl (C=O) groups is 2. The summed E-state index contributed by atoms with van der Waals surface area (Å²) in [4.78, 5) is 33.5. The first-order valence-corrected chi connectivity index (χ1v) is 12.9. The van der Waals surface area contributed by atoms with Gasteiger partial charge in [0.25, 0.3) is 11.8 Å². The van der Waals surface area contributed by atoms with Gasteiger partial charge < -0.3 is 10.2 Å². The van der Waals surface area contributed by atoms with Crippen LogP contribution < -0.4 is 5.32 Å². The Morgan fingerprint density at radius 3 is 2.39 bits per heavy atom. The van der Waals surface area contributed by atoms with E-state index in [0.717, 1.165) is 28.7 Å². The van der Waals surface area contributed by atoms with E-state index in [2.05, 4.69) is 30.4 Å². The van der Waals surface area contributed by atoms with Crippen LogP contribution in [0.2, 0.25) is 0 Å². The molecule has 2 amide bonds. The second-order valence-corrected chi connectivity index (χ2v) is 9.45. The van der Waals surface area contributed by atoms with Gasteiger partial charge in [-0.05, 0) is 50.5 Å². The summed E-state index contributed by atoms with van der Waals surface area (Å²) in [6.07, 6.45) is 0.944. The van der Waals surface area contributed by atoms with E-state index in [1.165, 1.54) is 5.56 Å². The Morgan fingerprint density at radius 2 is 1.75 bits per heavy atom. The van der Waals surface area contributed by atoms with Crippen molar-refractivity contribution < 1.29 is 9.59 Å². The van der Waals surface area contributed by atoms with Crippen LogP contribution in [0.1, 0.15) is 57.5 Å². The van der Waals surface area contributed by atoms with Gasteiger partial charge >= 0.3 is 0 Å². The number of nitrogens with zero attached hydrogens (tertiary/aromatic N) is 3. The number of nitrogens with one attached hydrogen (secondary N) is 1. The van der Waals surface area contributed by atoms with Crippen molar-refractivity contribution >= 4 is 39.1 Å². The second kappa shape index (κ2) is 10.7. The topological polar surface area (TPSA) is 86.1 Å². The Hall–Kier alpha value is -4.02. The number of thiophene rings is 1. The average Bonchev–Trinajstić information content (AvgIpc) is 3.22. The molecular formula is C29H28N4O2S. The second-order valence-electron chi connectivity index (χ2n) is 8.43.